The van der Waals surface area contributed by atoms with Crippen molar-refractivity contribution in [2.75, 3.05) is 19.5 Å². The van der Waals surface area contributed by atoms with Crippen molar-refractivity contribution < 1.29 is 33.3 Å². The molecule has 0 aliphatic heterocycles. The van der Waals surface area contributed by atoms with Crippen LogP contribution in [0.5, 0.6) is 5.75 Å². The van der Waals surface area contributed by atoms with E-state index in [1.54, 1.807) is 0 Å². The predicted octanol–water partition coefficient (Wildman–Crippen LogP) is 5.50. The SMILES string of the molecule is C#CC(COC(=O)CC(C)(C)c1c(C)cc(C)cc1OC(=O)CCCCCCCCC)(OC)[C@@H](O)Cn1cnc2c(N)nc(F)nc21. The molecule has 256 valence electrons. The molecule has 1 aromatic carbocycles. The number of esters is 2. The Labute approximate surface area is 276 Å². The Morgan fingerprint density at radius 3 is 2.45 bits per heavy atom. The highest BCUT2D eigenvalue weighted by Gasteiger charge is 2.40. The van der Waals surface area contributed by atoms with Crippen LogP contribution in [0.25, 0.3) is 11.2 Å². The number of aliphatic hydroxyl groups is 1. The van der Waals surface area contributed by atoms with Crippen LogP contribution in [0.15, 0.2) is 18.5 Å². The number of benzene rings is 1. The van der Waals surface area contributed by atoms with E-state index in [1.165, 1.54) is 43.7 Å². The third kappa shape index (κ3) is 9.72. The molecule has 3 rings (SSSR count). The number of aliphatic hydroxyl groups excluding tert-OH is 1. The van der Waals surface area contributed by atoms with Gasteiger partial charge in [-0.15, -0.1) is 6.42 Å². The third-order valence-corrected chi connectivity index (χ3v) is 8.34. The summed E-state index contributed by atoms with van der Waals surface area (Å²) in [5, 5.41) is 11.1. The molecule has 2 heterocycles. The molecular weight excluding hydrogens is 605 g/mol. The van der Waals surface area contributed by atoms with Crippen molar-refractivity contribution >= 4 is 28.9 Å². The molecule has 2 atom stereocenters. The summed E-state index contributed by atoms with van der Waals surface area (Å²) in [6.45, 7) is 9.08. The van der Waals surface area contributed by atoms with Gasteiger partial charge in [-0.3, -0.25) is 9.59 Å². The summed E-state index contributed by atoms with van der Waals surface area (Å²) < 4.78 is 32.1. The third-order valence-electron chi connectivity index (χ3n) is 8.34. The average molecular weight is 654 g/mol. The van der Waals surface area contributed by atoms with Crippen molar-refractivity contribution in [2.24, 2.45) is 0 Å². The quantitative estimate of drug-likeness (QED) is 0.0592. The molecule has 47 heavy (non-hydrogen) atoms. The Kier molecular flexibility index (Phi) is 13.2. The van der Waals surface area contributed by atoms with Gasteiger partial charge in [-0.1, -0.05) is 71.3 Å². The van der Waals surface area contributed by atoms with Crippen molar-refractivity contribution in [3.05, 3.63) is 41.2 Å². The number of anilines is 1. The first-order valence-electron chi connectivity index (χ1n) is 16.1. The summed E-state index contributed by atoms with van der Waals surface area (Å²) in [5.74, 6) is 1.77. The van der Waals surface area contributed by atoms with E-state index in [0.717, 1.165) is 36.0 Å². The van der Waals surface area contributed by atoms with Crippen molar-refractivity contribution in [1.82, 2.24) is 19.5 Å². The summed E-state index contributed by atoms with van der Waals surface area (Å²) in [7, 11) is 1.29. The summed E-state index contributed by atoms with van der Waals surface area (Å²) in [6, 6.07) is 3.79. The Hall–Kier alpha value is -4.08. The minimum atomic E-state index is -1.75. The van der Waals surface area contributed by atoms with E-state index in [2.05, 4.69) is 27.8 Å². The zero-order chi connectivity index (χ0) is 34.8. The molecule has 1 unspecified atom stereocenters. The Bertz CT molecular complexity index is 1580. The lowest BCUT2D eigenvalue weighted by Gasteiger charge is -2.33. The van der Waals surface area contributed by atoms with E-state index < -0.39 is 35.8 Å². The molecule has 0 amide bonds. The molecular formula is C35H48FN5O6. The number of nitrogen functional groups attached to an aromatic ring is 1. The molecule has 0 saturated heterocycles. The maximum absolute atomic E-state index is 13.8. The van der Waals surface area contributed by atoms with Gasteiger partial charge in [-0.05, 0) is 37.5 Å². The first-order chi connectivity index (χ1) is 22.3. The lowest BCUT2D eigenvalue weighted by atomic mass is 9.78. The van der Waals surface area contributed by atoms with Crippen molar-refractivity contribution in [2.45, 2.75) is 116 Å². The highest BCUT2D eigenvalue weighted by Crippen LogP contribution is 2.38. The van der Waals surface area contributed by atoms with Crippen LogP contribution in [0.2, 0.25) is 0 Å². The minimum Gasteiger partial charge on any atom is -0.461 e. The Morgan fingerprint density at radius 1 is 1.11 bits per heavy atom. The molecule has 0 spiro atoms. The van der Waals surface area contributed by atoms with Gasteiger partial charge in [0.1, 0.15) is 24.0 Å². The van der Waals surface area contributed by atoms with Crippen LogP contribution in [0.1, 0.15) is 95.2 Å². The molecule has 0 bridgehead atoms. The lowest BCUT2D eigenvalue weighted by Crippen LogP contribution is -2.49. The van der Waals surface area contributed by atoms with Crippen molar-refractivity contribution in [3.8, 4) is 18.1 Å². The standard InChI is InChI=1S/C35H48FN5O6/c1-8-10-11-12-13-14-15-16-27(43)47-25-18-23(3)17-24(4)29(25)34(5,6)19-28(44)46-21-35(9-2,45-7)26(42)20-41-22-38-30-31(37)39-33(36)40-32(30)41/h2,17-18,22,26,42H,8,10-16,19-21H2,1,3-7H3,(H2,37,39,40)/t26-,35?/m0/s1. The minimum absolute atomic E-state index is 0.0576. The monoisotopic (exact) mass is 653 g/mol. The number of halogens is 1. The molecule has 3 N–H and O–H groups in total. The number of aromatic nitrogens is 4. The van der Waals surface area contributed by atoms with E-state index >= 15 is 0 Å². The zero-order valence-electron chi connectivity index (χ0n) is 28.4. The number of imidazole rings is 1. The molecule has 2 aromatic heterocycles. The zero-order valence-corrected chi connectivity index (χ0v) is 28.4. The summed E-state index contributed by atoms with van der Waals surface area (Å²) in [4.78, 5) is 37.3. The number of terminal acetylenes is 1. The summed E-state index contributed by atoms with van der Waals surface area (Å²) >= 11 is 0. The first kappa shape index (κ1) is 37.4. The van der Waals surface area contributed by atoms with E-state index in [-0.39, 0.29) is 35.9 Å². The fourth-order valence-electron chi connectivity index (χ4n) is 5.86. The number of carbonyl (C=O) groups excluding carboxylic acids is 2. The second kappa shape index (κ2) is 16.7. The van der Waals surface area contributed by atoms with Gasteiger partial charge in [-0.25, -0.2) is 4.98 Å². The van der Waals surface area contributed by atoms with Crippen LogP contribution in [0, 0.1) is 32.3 Å². The maximum Gasteiger partial charge on any atom is 0.312 e. The van der Waals surface area contributed by atoms with Crippen LogP contribution in [0.4, 0.5) is 10.2 Å². The average Bonchev–Trinajstić information content (AvgIpc) is 3.39. The van der Waals surface area contributed by atoms with Gasteiger partial charge >= 0.3 is 18.0 Å². The van der Waals surface area contributed by atoms with Gasteiger partial charge < -0.3 is 29.6 Å². The van der Waals surface area contributed by atoms with Crippen LogP contribution < -0.4 is 10.5 Å². The molecule has 12 heteroatoms. The topological polar surface area (TPSA) is 152 Å². The maximum atomic E-state index is 13.8. The number of rotatable bonds is 18. The molecule has 0 saturated carbocycles. The normalized spacial score (nSPS) is 13.6. The molecule has 0 aliphatic carbocycles. The number of hydrogen-bond acceptors (Lipinski definition) is 10. The van der Waals surface area contributed by atoms with Crippen LogP contribution in [0.3, 0.4) is 0 Å². The molecule has 11 nitrogen and oxygen atoms in total. The van der Waals surface area contributed by atoms with Crippen LogP contribution >= 0.6 is 0 Å². The fourth-order valence-corrected chi connectivity index (χ4v) is 5.86. The van der Waals surface area contributed by atoms with Gasteiger partial charge in [-0.2, -0.15) is 14.4 Å². The van der Waals surface area contributed by atoms with E-state index in [1.807, 2.05) is 39.8 Å². The number of nitrogens with two attached hydrogens (primary N) is 1. The number of unbranched alkanes of at least 4 members (excludes halogenated alkanes) is 6. The predicted molar refractivity (Wildman–Crippen MR) is 177 cm³/mol. The van der Waals surface area contributed by atoms with E-state index in [0.29, 0.717) is 12.2 Å². The van der Waals surface area contributed by atoms with E-state index in [4.69, 9.17) is 26.4 Å². The number of hydrogen-bond donors (Lipinski definition) is 2. The van der Waals surface area contributed by atoms with Crippen molar-refractivity contribution in [1.29, 1.82) is 0 Å². The van der Waals surface area contributed by atoms with Crippen LogP contribution in [-0.4, -0.2) is 62.0 Å². The van der Waals surface area contributed by atoms with Gasteiger partial charge in [0.25, 0.3) is 0 Å². The first-order valence-corrected chi connectivity index (χ1v) is 16.1. The Balaban J connectivity index is 1.68. The van der Waals surface area contributed by atoms with Crippen molar-refractivity contribution in [3.63, 3.8) is 0 Å². The van der Waals surface area contributed by atoms with Gasteiger partial charge in [0.15, 0.2) is 17.1 Å². The molecule has 0 fully saturated rings. The smallest absolute Gasteiger partial charge is 0.312 e. The molecule has 0 aliphatic rings. The van der Waals surface area contributed by atoms with Gasteiger partial charge in [0.05, 0.1) is 19.3 Å². The highest BCUT2D eigenvalue weighted by atomic mass is 19.1. The Morgan fingerprint density at radius 2 is 1.79 bits per heavy atom. The van der Waals surface area contributed by atoms with Crippen LogP contribution in [-0.2, 0) is 31.0 Å². The number of aryl methyl sites for hydroxylation is 2. The van der Waals surface area contributed by atoms with Gasteiger partial charge in [0.2, 0.25) is 0 Å². The summed E-state index contributed by atoms with van der Waals surface area (Å²) in [6.07, 6.45) is 12.5. The second-order valence-electron chi connectivity index (χ2n) is 12.7. The number of nitrogens with zero attached hydrogens (tertiary/aromatic N) is 4. The second-order valence-corrected chi connectivity index (χ2v) is 12.7. The lowest BCUT2D eigenvalue weighted by molar-refractivity contribution is -0.158. The number of fused-ring (bicyclic) bond motifs is 1. The number of ether oxygens (including phenoxy) is 3. The number of carbonyl (C=O) groups is 2. The molecule has 3 aromatic rings. The highest BCUT2D eigenvalue weighted by molar-refractivity contribution is 5.81. The summed E-state index contributed by atoms with van der Waals surface area (Å²) in [5.41, 5.74) is 5.94. The van der Waals surface area contributed by atoms with E-state index in [9.17, 15) is 19.1 Å². The largest absolute Gasteiger partial charge is 0.461 e. The number of methoxy groups -OCH3 is 1. The molecule has 0 radical (unpaired) electrons. The fraction of sp³-hybridized carbons (Fsp3) is 0.571. The van der Waals surface area contributed by atoms with Gasteiger partial charge in [0, 0.05) is 24.5 Å².